The van der Waals surface area contributed by atoms with E-state index in [1.807, 2.05) is 13.8 Å². The molecule has 0 saturated carbocycles. The summed E-state index contributed by atoms with van der Waals surface area (Å²) in [5, 5.41) is 14.5. The number of carboxylic acid groups (broad SMARTS) is 1. The first-order valence-electron chi connectivity index (χ1n) is 9.14. The topological polar surface area (TPSA) is 142 Å². The molecule has 9 nitrogen and oxygen atoms in total. The Morgan fingerprint density at radius 2 is 1.85 bits per heavy atom. The molecule has 1 saturated heterocycles. The molecular formula is C17H30N4O5S. The predicted molar refractivity (Wildman–Crippen MR) is 103 cm³/mol. The summed E-state index contributed by atoms with van der Waals surface area (Å²) in [5.74, 6) is -2.55. The van der Waals surface area contributed by atoms with Crippen LogP contribution in [0.15, 0.2) is 0 Å². The minimum atomic E-state index is -1.04. The van der Waals surface area contributed by atoms with Gasteiger partial charge in [-0.3, -0.25) is 14.4 Å². The van der Waals surface area contributed by atoms with E-state index in [-0.39, 0.29) is 11.7 Å². The monoisotopic (exact) mass is 402 g/mol. The van der Waals surface area contributed by atoms with Gasteiger partial charge in [-0.1, -0.05) is 20.3 Å². The summed E-state index contributed by atoms with van der Waals surface area (Å²) in [6.07, 6.45) is 1.63. The fourth-order valence-corrected chi connectivity index (χ4v) is 3.06. The van der Waals surface area contributed by atoms with Crippen LogP contribution in [0, 0.1) is 5.92 Å². The van der Waals surface area contributed by atoms with Gasteiger partial charge >= 0.3 is 5.97 Å². The SMILES string of the molecule is CCC(C)C(NC(=O)C(C)NC(=O)C(N)CS)C(=O)N1CCCC1C(=O)O. The summed E-state index contributed by atoms with van der Waals surface area (Å²) in [6, 6.07) is -3.46. The first kappa shape index (κ1) is 23.2. The Labute approximate surface area is 164 Å². The number of likely N-dealkylation sites (tertiary alicyclic amines) is 1. The molecule has 0 radical (unpaired) electrons. The minimum Gasteiger partial charge on any atom is -0.480 e. The first-order valence-corrected chi connectivity index (χ1v) is 9.77. The highest BCUT2D eigenvalue weighted by Crippen LogP contribution is 2.21. The van der Waals surface area contributed by atoms with Gasteiger partial charge in [0.2, 0.25) is 17.7 Å². The van der Waals surface area contributed by atoms with Crippen LogP contribution >= 0.6 is 12.6 Å². The van der Waals surface area contributed by atoms with Crippen LogP contribution in [0.1, 0.15) is 40.0 Å². The molecule has 1 aliphatic rings. The van der Waals surface area contributed by atoms with Crippen molar-refractivity contribution < 1.29 is 24.3 Å². The smallest absolute Gasteiger partial charge is 0.326 e. The van der Waals surface area contributed by atoms with Crippen molar-refractivity contribution in [1.29, 1.82) is 0 Å². The largest absolute Gasteiger partial charge is 0.480 e. The molecule has 27 heavy (non-hydrogen) atoms. The quantitative estimate of drug-likeness (QED) is 0.325. The second-order valence-electron chi connectivity index (χ2n) is 6.92. The molecule has 0 aromatic heterocycles. The van der Waals surface area contributed by atoms with E-state index in [4.69, 9.17) is 5.73 Å². The van der Waals surface area contributed by atoms with Crippen LogP contribution in [0.3, 0.4) is 0 Å². The van der Waals surface area contributed by atoms with Crippen molar-refractivity contribution in [3.63, 3.8) is 0 Å². The Bertz CT molecular complexity index is 574. The normalized spacial score (nSPS) is 21.1. The number of carboxylic acids is 1. The molecule has 5 N–H and O–H groups in total. The third-order valence-corrected chi connectivity index (χ3v) is 5.28. The van der Waals surface area contributed by atoms with Crippen LogP contribution in [0.25, 0.3) is 0 Å². The van der Waals surface area contributed by atoms with Crippen molar-refractivity contribution in [2.75, 3.05) is 12.3 Å². The van der Waals surface area contributed by atoms with Gasteiger partial charge < -0.3 is 26.4 Å². The molecule has 1 aliphatic heterocycles. The van der Waals surface area contributed by atoms with E-state index in [0.717, 1.165) is 0 Å². The zero-order chi connectivity index (χ0) is 20.7. The van der Waals surface area contributed by atoms with Crippen LogP contribution in [0.2, 0.25) is 0 Å². The van der Waals surface area contributed by atoms with E-state index >= 15 is 0 Å². The summed E-state index contributed by atoms with van der Waals surface area (Å²) in [5.41, 5.74) is 5.57. The number of rotatable bonds is 9. The van der Waals surface area contributed by atoms with E-state index in [1.165, 1.54) is 11.8 Å². The first-order chi connectivity index (χ1) is 12.6. The number of aliphatic carboxylic acids is 1. The number of carbonyl (C=O) groups excluding carboxylic acids is 3. The molecule has 0 aromatic rings. The lowest BCUT2D eigenvalue weighted by Crippen LogP contribution is -2.58. The lowest BCUT2D eigenvalue weighted by molar-refractivity contribution is -0.150. The highest BCUT2D eigenvalue weighted by atomic mass is 32.1. The number of amides is 3. The van der Waals surface area contributed by atoms with Crippen LogP contribution < -0.4 is 16.4 Å². The van der Waals surface area contributed by atoms with E-state index in [2.05, 4.69) is 23.3 Å². The number of nitrogens with two attached hydrogens (primary N) is 1. The maximum atomic E-state index is 12.9. The van der Waals surface area contributed by atoms with Crippen molar-refractivity contribution in [3.05, 3.63) is 0 Å². The van der Waals surface area contributed by atoms with Gasteiger partial charge in [0.05, 0.1) is 6.04 Å². The number of hydrogen-bond acceptors (Lipinski definition) is 6. The molecule has 1 heterocycles. The molecule has 0 aromatic carbocycles. The average Bonchev–Trinajstić information content (AvgIpc) is 3.13. The van der Waals surface area contributed by atoms with Crippen molar-refractivity contribution in [1.82, 2.24) is 15.5 Å². The Balaban J connectivity index is 2.85. The highest BCUT2D eigenvalue weighted by molar-refractivity contribution is 7.80. The van der Waals surface area contributed by atoms with Crippen molar-refractivity contribution in [3.8, 4) is 0 Å². The average molecular weight is 403 g/mol. The summed E-state index contributed by atoms with van der Waals surface area (Å²) in [4.78, 5) is 49.9. The fourth-order valence-electron chi connectivity index (χ4n) is 2.90. The molecule has 1 rings (SSSR count). The van der Waals surface area contributed by atoms with Gasteiger partial charge in [0.15, 0.2) is 0 Å². The van der Waals surface area contributed by atoms with Crippen LogP contribution in [0.5, 0.6) is 0 Å². The molecule has 10 heteroatoms. The molecule has 1 fully saturated rings. The third-order valence-electron chi connectivity index (χ3n) is 4.88. The van der Waals surface area contributed by atoms with Gasteiger partial charge in [0.25, 0.3) is 0 Å². The number of hydrogen-bond donors (Lipinski definition) is 5. The number of thiol groups is 1. The summed E-state index contributed by atoms with van der Waals surface area (Å²) >= 11 is 3.94. The maximum absolute atomic E-state index is 12.9. The Morgan fingerprint density at radius 1 is 1.22 bits per heavy atom. The molecular weight excluding hydrogens is 372 g/mol. The number of nitrogens with zero attached hydrogens (tertiary/aromatic N) is 1. The molecule has 0 bridgehead atoms. The minimum absolute atomic E-state index is 0.139. The lowest BCUT2D eigenvalue weighted by Gasteiger charge is -2.31. The van der Waals surface area contributed by atoms with Gasteiger partial charge in [-0.05, 0) is 25.7 Å². The number of carbonyl (C=O) groups is 4. The molecule has 154 valence electrons. The van der Waals surface area contributed by atoms with Crippen molar-refractivity contribution in [2.24, 2.45) is 11.7 Å². The second-order valence-corrected chi connectivity index (χ2v) is 7.28. The molecule has 5 unspecified atom stereocenters. The van der Waals surface area contributed by atoms with Gasteiger partial charge in [-0.2, -0.15) is 12.6 Å². The van der Waals surface area contributed by atoms with Gasteiger partial charge in [-0.25, -0.2) is 4.79 Å². The predicted octanol–water partition coefficient (Wildman–Crippen LogP) is -0.645. The Hall–Kier alpha value is -1.81. The lowest BCUT2D eigenvalue weighted by atomic mass is 9.97. The zero-order valence-electron chi connectivity index (χ0n) is 16.0. The molecule has 0 aliphatic carbocycles. The van der Waals surface area contributed by atoms with E-state index < -0.39 is 47.9 Å². The van der Waals surface area contributed by atoms with Crippen LogP contribution in [-0.2, 0) is 19.2 Å². The van der Waals surface area contributed by atoms with Crippen molar-refractivity contribution in [2.45, 2.75) is 64.2 Å². The van der Waals surface area contributed by atoms with E-state index in [1.54, 1.807) is 0 Å². The van der Waals surface area contributed by atoms with Crippen LogP contribution in [0.4, 0.5) is 0 Å². The van der Waals surface area contributed by atoms with Gasteiger partial charge in [0.1, 0.15) is 18.1 Å². The third kappa shape index (κ3) is 6.10. The van der Waals surface area contributed by atoms with E-state index in [9.17, 15) is 24.3 Å². The second kappa shape index (κ2) is 10.5. The molecule has 0 spiro atoms. The zero-order valence-corrected chi connectivity index (χ0v) is 16.9. The Morgan fingerprint density at radius 3 is 2.37 bits per heavy atom. The maximum Gasteiger partial charge on any atom is 0.326 e. The summed E-state index contributed by atoms with van der Waals surface area (Å²) in [6.45, 7) is 5.54. The standard InChI is InChI=1S/C17H30N4O5S/c1-4-9(2)13(16(24)21-7-5-6-12(21)17(25)26)20-14(22)10(3)19-15(23)11(18)8-27/h9-13,27H,4-8,18H2,1-3H3,(H,19,23)(H,20,22)(H,25,26). The fraction of sp³-hybridized carbons (Fsp3) is 0.765. The summed E-state index contributed by atoms with van der Waals surface area (Å²) in [7, 11) is 0. The van der Waals surface area contributed by atoms with Crippen molar-refractivity contribution >= 4 is 36.3 Å². The van der Waals surface area contributed by atoms with E-state index in [0.29, 0.717) is 25.8 Å². The Kier molecular flexibility index (Phi) is 9.04. The molecule has 3 amide bonds. The van der Waals surface area contributed by atoms with Gasteiger partial charge in [-0.15, -0.1) is 0 Å². The van der Waals surface area contributed by atoms with Crippen LogP contribution in [-0.4, -0.2) is 70.2 Å². The number of nitrogens with one attached hydrogen (secondary N) is 2. The molecule has 5 atom stereocenters. The highest BCUT2D eigenvalue weighted by Gasteiger charge is 2.39. The summed E-state index contributed by atoms with van der Waals surface area (Å²) < 4.78 is 0. The van der Waals surface area contributed by atoms with Gasteiger partial charge in [0, 0.05) is 12.3 Å².